The van der Waals surface area contributed by atoms with E-state index in [1.165, 1.54) is 193 Å². The van der Waals surface area contributed by atoms with E-state index < -0.39 is 12.1 Å². The molecule has 0 saturated carbocycles. The summed E-state index contributed by atoms with van der Waals surface area (Å²) in [6, 6.07) is -0.667. The highest BCUT2D eigenvalue weighted by atomic mass is 16.5. The summed E-state index contributed by atoms with van der Waals surface area (Å²) in [4.78, 5) is 24.5. The van der Waals surface area contributed by atoms with Crippen LogP contribution in [0.4, 0.5) is 0 Å². The first-order valence-corrected chi connectivity index (χ1v) is 27.8. The van der Waals surface area contributed by atoms with Gasteiger partial charge in [0.15, 0.2) is 0 Å². The van der Waals surface area contributed by atoms with Crippen molar-refractivity contribution in [1.29, 1.82) is 0 Å². The minimum absolute atomic E-state index is 0.0413. The molecule has 0 aliphatic rings. The van der Waals surface area contributed by atoms with Gasteiger partial charge in [-0.15, -0.1) is 0 Å². The number of hydrogen-bond donors (Lipinski definition) is 3. The number of amides is 1. The fraction of sp³-hybridized carbons (Fsp3) is 0.860. The third-order valence-corrected chi connectivity index (χ3v) is 12.6. The number of hydrogen-bond acceptors (Lipinski definition) is 5. The molecule has 370 valence electrons. The van der Waals surface area contributed by atoms with E-state index >= 15 is 0 Å². The number of aliphatic hydroxyl groups excluding tert-OH is 2. The number of aliphatic hydroxyl groups is 2. The fourth-order valence-corrected chi connectivity index (χ4v) is 8.34. The molecule has 6 heteroatoms. The summed E-state index contributed by atoms with van der Waals surface area (Å²) in [6.07, 6.45) is 64.5. The van der Waals surface area contributed by atoms with E-state index in [9.17, 15) is 19.8 Å². The smallest absolute Gasteiger partial charge is 0.305 e. The fourth-order valence-electron chi connectivity index (χ4n) is 8.34. The van der Waals surface area contributed by atoms with Gasteiger partial charge in [-0.3, -0.25) is 9.59 Å². The van der Waals surface area contributed by atoms with E-state index in [0.29, 0.717) is 19.4 Å². The van der Waals surface area contributed by atoms with Gasteiger partial charge in [0.2, 0.25) is 5.91 Å². The largest absolute Gasteiger partial charge is 0.466 e. The summed E-state index contributed by atoms with van der Waals surface area (Å²) in [5.74, 6) is -0.169. The van der Waals surface area contributed by atoms with Crippen LogP contribution >= 0.6 is 0 Å². The molecule has 0 radical (unpaired) electrons. The van der Waals surface area contributed by atoms with Crippen molar-refractivity contribution in [2.75, 3.05) is 13.2 Å². The molecular formula is C57H107NO5. The van der Waals surface area contributed by atoms with E-state index in [1.807, 2.05) is 6.08 Å². The first-order valence-electron chi connectivity index (χ1n) is 27.8. The van der Waals surface area contributed by atoms with E-state index in [1.54, 1.807) is 6.08 Å². The van der Waals surface area contributed by atoms with Gasteiger partial charge in [-0.05, 0) is 77.0 Å². The zero-order chi connectivity index (χ0) is 45.8. The lowest BCUT2D eigenvalue weighted by Crippen LogP contribution is -2.45. The van der Waals surface area contributed by atoms with Crippen LogP contribution in [0.1, 0.15) is 290 Å². The van der Waals surface area contributed by atoms with Crippen molar-refractivity contribution in [1.82, 2.24) is 5.32 Å². The van der Waals surface area contributed by atoms with Crippen LogP contribution in [0.3, 0.4) is 0 Å². The van der Waals surface area contributed by atoms with Crippen molar-refractivity contribution < 1.29 is 24.5 Å². The molecule has 0 bridgehead atoms. The second-order valence-corrected chi connectivity index (χ2v) is 18.9. The predicted octanol–water partition coefficient (Wildman–Crippen LogP) is 16.9. The van der Waals surface area contributed by atoms with Gasteiger partial charge < -0.3 is 20.3 Å². The lowest BCUT2D eigenvalue weighted by atomic mass is 10.0. The van der Waals surface area contributed by atoms with Crippen molar-refractivity contribution in [3.8, 4) is 0 Å². The second-order valence-electron chi connectivity index (χ2n) is 18.9. The number of allylic oxidation sites excluding steroid dienone is 5. The Morgan fingerprint density at radius 3 is 1.16 bits per heavy atom. The zero-order valence-electron chi connectivity index (χ0n) is 42.1. The van der Waals surface area contributed by atoms with Crippen LogP contribution < -0.4 is 5.32 Å². The third kappa shape index (κ3) is 49.4. The average molecular weight is 886 g/mol. The SMILES string of the molecule is CCCCCCCC/C=C\CCCCCCCCCC(=O)OCCCCCC/C=C\CCCC(=O)NC(CO)C(O)/C=C/CCCCCCCCCCCCCCCCCCCC. The van der Waals surface area contributed by atoms with Gasteiger partial charge in [0, 0.05) is 12.8 Å². The van der Waals surface area contributed by atoms with Crippen molar-refractivity contribution >= 4 is 11.9 Å². The molecule has 2 atom stereocenters. The van der Waals surface area contributed by atoms with Crippen molar-refractivity contribution in [2.45, 2.75) is 302 Å². The highest BCUT2D eigenvalue weighted by Gasteiger charge is 2.18. The molecule has 0 saturated heterocycles. The first-order chi connectivity index (χ1) is 31.0. The number of carbonyl (C=O) groups is 2. The third-order valence-electron chi connectivity index (χ3n) is 12.6. The minimum atomic E-state index is -0.876. The number of rotatable bonds is 51. The maximum atomic E-state index is 12.4. The van der Waals surface area contributed by atoms with Crippen LogP contribution in [-0.4, -0.2) is 47.4 Å². The zero-order valence-corrected chi connectivity index (χ0v) is 42.1. The highest BCUT2D eigenvalue weighted by Crippen LogP contribution is 2.16. The highest BCUT2D eigenvalue weighted by molar-refractivity contribution is 5.76. The van der Waals surface area contributed by atoms with E-state index in [4.69, 9.17) is 4.74 Å². The van der Waals surface area contributed by atoms with Crippen molar-refractivity contribution in [2.24, 2.45) is 0 Å². The molecule has 0 rings (SSSR count). The summed E-state index contributed by atoms with van der Waals surface area (Å²) >= 11 is 0. The molecule has 0 aliphatic carbocycles. The van der Waals surface area contributed by atoms with Crippen LogP contribution in [-0.2, 0) is 14.3 Å². The summed E-state index contributed by atoms with van der Waals surface area (Å²) in [5, 5.41) is 23.1. The van der Waals surface area contributed by atoms with Crippen LogP contribution in [0.15, 0.2) is 36.5 Å². The molecular weight excluding hydrogens is 779 g/mol. The van der Waals surface area contributed by atoms with Gasteiger partial charge in [-0.25, -0.2) is 0 Å². The number of unbranched alkanes of at least 4 members (excludes halogenated alkanes) is 36. The predicted molar refractivity (Wildman–Crippen MR) is 273 cm³/mol. The molecule has 0 fully saturated rings. The van der Waals surface area contributed by atoms with Crippen molar-refractivity contribution in [3.63, 3.8) is 0 Å². The Bertz CT molecular complexity index is 1020. The minimum Gasteiger partial charge on any atom is -0.466 e. The number of nitrogens with one attached hydrogen (secondary N) is 1. The Morgan fingerprint density at radius 1 is 0.429 bits per heavy atom. The quantitative estimate of drug-likeness (QED) is 0.0321. The Kier molecular flexibility index (Phi) is 51.1. The molecule has 6 nitrogen and oxygen atoms in total. The number of ether oxygens (including phenoxy) is 1. The average Bonchev–Trinajstić information content (AvgIpc) is 3.28. The van der Waals surface area contributed by atoms with Gasteiger partial charge >= 0.3 is 5.97 Å². The molecule has 0 aromatic carbocycles. The maximum absolute atomic E-state index is 12.4. The van der Waals surface area contributed by atoms with Crippen LogP contribution in [0, 0.1) is 0 Å². The molecule has 0 aliphatic heterocycles. The molecule has 63 heavy (non-hydrogen) atoms. The monoisotopic (exact) mass is 886 g/mol. The van der Waals surface area contributed by atoms with Gasteiger partial charge in [0.25, 0.3) is 0 Å². The van der Waals surface area contributed by atoms with E-state index in [0.717, 1.165) is 70.6 Å². The molecule has 0 aromatic rings. The summed E-state index contributed by atoms with van der Waals surface area (Å²) in [5.41, 5.74) is 0. The first kappa shape index (κ1) is 61.1. The van der Waals surface area contributed by atoms with Crippen molar-refractivity contribution in [3.05, 3.63) is 36.5 Å². The summed E-state index contributed by atoms with van der Waals surface area (Å²) < 4.78 is 5.45. The van der Waals surface area contributed by atoms with Crippen LogP contribution in [0.25, 0.3) is 0 Å². The summed E-state index contributed by atoms with van der Waals surface area (Å²) in [7, 11) is 0. The molecule has 1 amide bonds. The Balaban J connectivity index is 3.56. The Morgan fingerprint density at radius 2 is 0.762 bits per heavy atom. The van der Waals surface area contributed by atoms with Gasteiger partial charge in [0.05, 0.1) is 25.4 Å². The van der Waals surface area contributed by atoms with Gasteiger partial charge in [-0.1, -0.05) is 237 Å². The van der Waals surface area contributed by atoms with Gasteiger partial charge in [0.1, 0.15) is 0 Å². The topological polar surface area (TPSA) is 95.9 Å². The standard InChI is InChI=1S/C57H107NO5/c1-3-5-7-9-11-13-15-17-19-21-22-23-25-26-28-30-33-37-41-45-49-55(60)54(53-59)58-56(61)50-46-42-38-34-32-36-40-44-48-52-63-57(62)51-47-43-39-35-31-29-27-24-20-18-16-14-12-10-8-6-4-2/h18,20,34,38,45,49,54-55,59-60H,3-17,19,21-33,35-37,39-44,46-48,50-53H2,1-2H3,(H,58,61)/b20-18-,38-34-,49-45+. The Labute approximate surface area is 392 Å². The number of carbonyl (C=O) groups excluding carboxylic acids is 2. The molecule has 0 aromatic heterocycles. The number of esters is 1. The lowest BCUT2D eigenvalue weighted by Gasteiger charge is -2.19. The Hall–Kier alpha value is -1.92. The van der Waals surface area contributed by atoms with E-state index in [2.05, 4.69) is 43.5 Å². The van der Waals surface area contributed by atoms with Crippen LogP contribution in [0.2, 0.25) is 0 Å². The lowest BCUT2D eigenvalue weighted by molar-refractivity contribution is -0.143. The molecule has 3 N–H and O–H groups in total. The second kappa shape index (κ2) is 52.7. The molecule has 2 unspecified atom stereocenters. The molecule has 0 heterocycles. The summed E-state index contributed by atoms with van der Waals surface area (Å²) in [6.45, 7) is 4.81. The van der Waals surface area contributed by atoms with E-state index in [-0.39, 0.29) is 18.5 Å². The maximum Gasteiger partial charge on any atom is 0.305 e. The van der Waals surface area contributed by atoms with Gasteiger partial charge in [-0.2, -0.15) is 0 Å². The molecule has 0 spiro atoms. The normalized spacial score (nSPS) is 12.9. The van der Waals surface area contributed by atoms with Crippen LogP contribution in [0.5, 0.6) is 0 Å².